The van der Waals surface area contributed by atoms with Crippen LogP contribution in [0.15, 0.2) is 54.6 Å². The molecule has 0 bridgehead atoms. The zero-order valence-corrected chi connectivity index (χ0v) is 17.8. The van der Waals surface area contributed by atoms with Gasteiger partial charge >= 0.3 is 0 Å². The van der Waals surface area contributed by atoms with Gasteiger partial charge in [-0.3, -0.25) is 19.7 Å². The number of carbonyl (C=O) groups excluding carboxylic acids is 2. The van der Waals surface area contributed by atoms with Crippen LogP contribution in [0.25, 0.3) is 11.4 Å². The highest BCUT2D eigenvalue weighted by Crippen LogP contribution is 2.18. The maximum absolute atomic E-state index is 13.5. The molecular weight excluding hydrogens is 411 g/mol. The molecule has 1 N–H and O–H groups in total. The van der Waals surface area contributed by atoms with Crippen molar-refractivity contribution in [2.75, 3.05) is 5.43 Å². The van der Waals surface area contributed by atoms with Crippen molar-refractivity contribution in [3.05, 3.63) is 88.5 Å². The Morgan fingerprint density at radius 1 is 1.03 bits per heavy atom. The maximum Gasteiger partial charge on any atom is 0.270 e. The smallest absolute Gasteiger partial charge is 0.270 e. The number of tetrazole rings is 1. The topological polar surface area (TPSA) is 94.7 Å². The molecule has 0 fully saturated rings. The van der Waals surface area contributed by atoms with Gasteiger partial charge in [-0.15, -0.1) is 10.2 Å². The van der Waals surface area contributed by atoms with Crippen molar-refractivity contribution in [2.24, 2.45) is 0 Å². The lowest BCUT2D eigenvalue weighted by atomic mass is 10.1. The Morgan fingerprint density at radius 3 is 2.50 bits per heavy atom. The summed E-state index contributed by atoms with van der Waals surface area (Å²) in [6.45, 7) is 5.09. The molecule has 0 aliphatic carbocycles. The van der Waals surface area contributed by atoms with Crippen LogP contribution in [0.4, 0.5) is 4.39 Å². The molecule has 162 valence electrons. The third kappa shape index (κ3) is 4.18. The fourth-order valence-corrected chi connectivity index (χ4v) is 3.40. The Morgan fingerprint density at radius 2 is 1.78 bits per heavy atom. The van der Waals surface area contributed by atoms with Gasteiger partial charge in [0.1, 0.15) is 12.4 Å². The van der Waals surface area contributed by atoms with E-state index in [1.54, 1.807) is 67.9 Å². The third-order valence-electron chi connectivity index (χ3n) is 5.13. The number of benzene rings is 2. The SMILES string of the molecule is Cc1cc(-c2nnn(CC(=O)c3cc(C)n(NC(=O)c4ccccc4)c3C)n2)ccc1F. The van der Waals surface area contributed by atoms with Gasteiger partial charge in [0.05, 0.1) is 0 Å². The lowest BCUT2D eigenvalue weighted by Crippen LogP contribution is -2.25. The average Bonchev–Trinajstić information content (AvgIpc) is 3.36. The minimum Gasteiger partial charge on any atom is -0.292 e. The van der Waals surface area contributed by atoms with E-state index in [9.17, 15) is 14.0 Å². The van der Waals surface area contributed by atoms with Crippen molar-refractivity contribution in [1.82, 2.24) is 24.9 Å². The molecule has 32 heavy (non-hydrogen) atoms. The Bertz CT molecular complexity index is 1310. The van der Waals surface area contributed by atoms with Crippen LogP contribution in [0.2, 0.25) is 0 Å². The molecule has 4 rings (SSSR count). The largest absolute Gasteiger partial charge is 0.292 e. The summed E-state index contributed by atoms with van der Waals surface area (Å²) in [6.07, 6.45) is 0. The lowest BCUT2D eigenvalue weighted by Gasteiger charge is -2.11. The summed E-state index contributed by atoms with van der Waals surface area (Å²) < 4.78 is 15.1. The van der Waals surface area contributed by atoms with Crippen molar-refractivity contribution in [2.45, 2.75) is 27.3 Å². The van der Waals surface area contributed by atoms with Crippen LogP contribution in [0.5, 0.6) is 0 Å². The first-order valence-corrected chi connectivity index (χ1v) is 9.96. The number of aromatic nitrogens is 5. The van der Waals surface area contributed by atoms with Gasteiger partial charge in [-0.2, -0.15) is 4.80 Å². The number of ketones is 1. The van der Waals surface area contributed by atoms with E-state index in [0.29, 0.717) is 39.5 Å². The molecule has 2 aromatic heterocycles. The quantitative estimate of drug-likeness (QED) is 0.471. The number of amides is 1. The van der Waals surface area contributed by atoms with E-state index in [0.717, 1.165) is 0 Å². The third-order valence-corrected chi connectivity index (χ3v) is 5.13. The minimum atomic E-state index is -0.314. The van der Waals surface area contributed by atoms with Crippen molar-refractivity contribution in [3.8, 4) is 11.4 Å². The molecule has 0 aliphatic heterocycles. The Balaban J connectivity index is 1.51. The van der Waals surface area contributed by atoms with E-state index < -0.39 is 0 Å². The standard InChI is InChI=1S/C23H21FN6O2/c1-14-11-18(9-10-20(14)24)22-25-28-29(26-22)13-21(31)19-12-15(2)30(16(19)3)27-23(32)17-7-5-4-6-8-17/h4-12H,13H2,1-3H3,(H,27,32). The van der Waals surface area contributed by atoms with Crippen LogP contribution >= 0.6 is 0 Å². The monoisotopic (exact) mass is 432 g/mol. The summed E-state index contributed by atoms with van der Waals surface area (Å²) in [7, 11) is 0. The number of halogens is 1. The predicted octanol–water partition coefficient (Wildman–Crippen LogP) is 3.47. The molecule has 0 saturated heterocycles. The average molecular weight is 432 g/mol. The first kappa shape index (κ1) is 21.1. The summed E-state index contributed by atoms with van der Waals surface area (Å²) in [6, 6.07) is 15.1. The van der Waals surface area contributed by atoms with Gasteiger partial charge in [0, 0.05) is 28.1 Å². The van der Waals surface area contributed by atoms with Crippen molar-refractivity contribution in [3.63, 3.8) is 0 Å². The van der Waals surface area contributed by atoms with Gasteiger partial charge in [-0.1, -0.05) is 18.2 Å². The van der Waals surface area contributed by atoms with Crippen LogP contribution < -0.4 is 5.43 Å². The van der Waals surface area contributed by atoms with Crippen LogP contribution in [-0.4, -0.2) is 36.6 Å². The Labute approximate surface area is 183 Å². The molecule has 8 nitrogen and oxygen atoms in total. The number of nitrogens with zero attached hydrogens (tertiary/aromatic N) is 5. The second-order valence-electron chi connectivity index (χ2n) is 7.46. The predicted molar refractivity (Wildman–Crippen MR) is 116 cm³/mol. The number of nitrogens with one attached hydrogen (secondary N) is 1. The minimum absolute atomic E-state index is 0.121. The summed E-state index contributed by atoms with van der Waals surface area (Å²) in [5, 5.41) is 12.1. The molecule has 1 amide bonds. The summed E-state index contributed by atoms with van der Waals surface area (Å²) in [4.78, 5) is 26.6. The first-order valence-electron chi connectivity index (χ1n) is 9.96. The van der Waals surface area contributed by atoms with Crippen LogP contribution in [-0.2, 0) is 6.54 Å². The lowest BCUT2D eigenvalue weighted by molar-refractivity contribution is 0.0957. The zero-order chi connectivity index (χ0) is 22.8. The number of aryl methyl sites for hydroxylation is 2. The summed E-state index contributed by atoms with van der Waals surface area (Å²) in [5.41, 5.74) is 6.18. The molecule has 9 heteroatoms. The maximum atomic E-state index is 13.5. The molecule has 0 unspecified atom stereocenters. The highest BCUT2D eigenvalue weighted by atomic mass is 19.1. The molecule has 4 aromatic rings. The second-order valence-corrected chi connectivity index (χ2v) is 7.46. The van der Waals surface area contributed by atoms with E-state index in [2.05, 4.69) is 20.8 Å². The molecule has 2 heterocycles. The van der Waals surface area contributed by atoms with Crippen LogP contribution in [0, 0.1) is 26.6 Å². The van der Waals surface area contributed by atoms with Crippen molar-refractivity contribution >= 4 is 11.7 Å². The van der Waals surface area contributed by atoms with Crippen molar-refractivity contribution in [1.29, 1.82) is 0 Å². The molecule has 0 aliphatic rings. The van der Waals surface area contributed by atoms with Gasteiger partial charge in [-0.05, 0) is 67.9 Å². The molecule has 0 atom stereocenters. The molecular formula is C23H21FN6O2. The fourth-order valence-electron chi connectivity index (χ4n) is 3.40. The van der Waals surface area contributed by atoms with Crippen molar-refractivity contribution < 1.29 is 14.0 Å². The Kier molecular flexibility index (Phi) is 5.63. The normalized spacial score (nSPS) is 10.9. The molecule has 2 aromatic carbocycles. The number of Topliss-reactive ketones (excluding diaryl/α,β-unsaturated/α-hetero) is 1. The van der Waals surface area contributed by atoms with E-state index in [-0.39, 0.29) is 24.1 Å². The van der Waals surface area contributed by atoms with Crippen LogP contribution in [0.3, 0.4) is 0 Å². The first-order chi connectivity index (χ1) is 15.3. The second kappa shape index (κ2) is 8.54. The van der Waals surface area contributed by atoms with Gasteiger partial charge in [0.2, 0.25) is 5.82 Å². The fraction of sp³-hybridized carbons (Fsp3) is 0.174. The summed E-state index contributed by atoms with van der Waals surface area (Å²) >= 11 is 0. The molecule has 0 saturated carbocycles. The molecule has 0 spiro atoms. The highest BCUT2D eigenvalue weighted by Gasteiger charge is 2.19. The number of carbonyl (C=O) groups is 2. The van der Waals surface area contributed by atoms with Gasteiger partial charge < -0.3 is 0 Å². The highest BCUT2D eigenvalue weighted by molar-refractivity contribution is 6.01. The Hall–Kier alpha value is -4.14. The molecule has 0 radical (unpaired) electrons. The van der Waals surface area contributed by atoms with E-state index in [1.807, 2.05) is 6.07 Å². The zero-order valence-electron chi connectivity index (χ0n) is 17.8. The summed E-state index contributed by atoms with van der Waals surface area (Å²) in [5.74, 6) is -0.506. The van der Waals surface area contributed by atoms with Crippen LogP contribution in [0.1, 0.15) is 37.7 Å². The number of hydrogen-bond donors (Lipinski definition) is 1. The van der Waals surface area contributed by atoms with Gasteiger partial charge in [0.15, 0.2) is 5.78 Å². The van der Waals surface area contributed by atoms with Gasteiger partial charge in [-0.25, -0.2) is 4.39 Å². The van der Waals surface area contributed by atoms with E-state index in [1.165, 1.54) is 10.9 Å². The van der Waals surface area contributed by atoms with Gasteiger partial charge in [0.25, 0.3) is 5.91 Å². The number of rotatable bonds is 6. The van der Waals surface area contributed by atoms with E-state index >= 15 is 0 Å². The number of hydrogen-bond acceptors (Lipinski definition) is 5. The van der Waals surface area contributed by atoms with E-state index in [4.69, 9.17) is 0 Å².